The van der Waals surface area contributed by atoms with Gasteiger partial charge in [0.2, 0.25) is 0 Å². The van der Waals surface area contributed by atoms with Gasteiger partial charge in [0.05, 0.1) is 17.2 Å². The maximum atomic E-state index is 12.7. The van der Waals surface area contributed by atoms with Gasteiger partial charge >= 0.3 is 0 Å². The lowest BCUT2D eigenvalue weighted by atomic mass is 10.2. The third-order valence-corrected chi connectivity index (χ3v) is 6.50. The predicted octanol–water partition coefficient (Wildman–Crippen LogP) is 5.03. The van der Waals surface area contributed by atoms with Crippen LogP contribution in [0.25, 0.3) is 20.8 Å². The van der Waals surface area contributed by atoms with Gasteiger partial charge in [0.15, 0.2) is 0 Å². The zero-order valence-corrected chi connectivity index (χ0v) is 16.7. The molecule has 138 valence electrons. The molecule has 0 radical (unpaired) electrons. The Labute approximate surface area is 165 Å². The summed E-state index contributed by atoms with van der Waals surface area (Å²) in [5.74, 6) is -0.119. The van der Waals surface area contributed by atoms with Crippen molar-refractivity contribution in [2.75, 3.05) is 19.0 Å². The molecule has 0 aliphatic heterocycles. The van der Waals surface area contributed by atoms with Crippen molar-refractivity contribution in [1.29, 1.82) is 0 Å². The first-order chi connectivity index (χ1) is 13.2. The van der Waals surface area contributed by atoms with Crippen LogP contribution in [-0.4, -0.2) is 29.2 Å². The molecule has 0 saturated heterocycles. The molecule has 1 N–H and O–H groups in total. The van der Waals surface area contributed by atoms with Gasteiger partial charge in [-0.1, -0.05) is 6.07 Å². The average Bonchev–Trinajstić information content (AvgIpc) is 3.39. The smallest absolute Gasteiger partial charge is 0.267 e. The fourth-order valence-corrected chi connectivity index (χ4v) is 4.72. The van der Waals surface area contributed by atoms with E-state index in [0.717, 1.165) is 38.7 Å². The number of carbonyl (C=O) groups excluding carboxylic acids is 1. The highest BCUT2D eigenvalue weighted by molar-refractivity contribution is 7.22. The average molecular weight is 398 g/mol. The minimum absolute atomic E-state index is 0.119. The van der Waals surface area contributed by atoms with E-state index in [1.54, 1.807) is 18.4 Å². The maximum Gasteiger partial charge on any atom is 0.267 e. The van der Waals surface area contributed by atoms with E-state index in [4.69, 9.17) is 4.74 Å². The molecule has 7 heteroatoms. The number of methoxy groups -OCH3 is 1. The van der Waals surface area contributed by atoms with Crippen molar-refractivity contribution in [2.24, 2.45) is 0 Å². The Morgan fingerprint density at radius 3 is 2.96 bits per heavy atom. The van der Waals surface area contributed by atoms with E-state index < -0.39 is 0 Å². The lowest BCUT2D eigenvalue weighted by Gasteiger charge is -2.07. The van der Waals surface area contributed by atoms with Crippen molar-refractivity contribution in [1.82, 2.24) is 9.55 Å². The van der Waals surface area contributed by atoms with Crippen molar-refractivity contribution in [3.63, 3.8) is 0 Å². The van der Waals surface area contributed by atoms with Gasteiger partial charge in [-0.05, 0) is 42.6 Å². The van der Waals surface area contributed by atoms with Crippen molar-refractivity contribution in [2.45, 2.75) is 13.5 Å². The van der Waals surface area contributed by atoms with Gasteiger partial charge in [-0.15, -0.1) is 22.7 Å². The number of rotatable bonds is 6. The number of hydrogen-bond acceptors (Lipinski definition) is 5. The quantitative estimate of drug-likeness (QED) is 0.496. The second-order valence-corrected chi connectivity index (χ2v) is 8.09. The number of aryl methyl sites for hydroxylation is 1. The Kier molecular flexibility index (Phi) is 5.07. The van der Waals surface area contributed by atoms with Crippen LogP contribution in [0.15, 0.2) is 48.0 Å². The molecule has 0 bridgehead atoms. The van der Waals surface area contributed by atoms with Crippen molar-refractivity contribution in [3.8, 4) is 9.88 Å². The molecule has 3 heterocycles. The highest BCUT2D eigenvalue weighted by Gasteiger charge is 2.17. The highest BCUT2D eigenvalue weighted by atomic mass is 32.1. The van der Waals surface area contributed by atoms with Crippen LogP contribution >= 0.6 is 22.7 Å². The molecule has 0 aliphatic carbocycles. The van der Waals surface area contributed by atoms with Gasteiger partial charge in [0, 0.05) is 36.4 Å². The third-order valence-electron chi connectivity index (χ3n) is 4.30. The second-order valence-electron chi connectivity index (χ2n) is 6.14. The normalized spacial score (nSPS) is 11.2. The topological polar surface area (TPSA) is 56.1 Å². The van der Waals surface area contributed by atoms with Crippen LogP contribution in [0.3, 0.4) is 0 Å². The van der Waals surface area contributed by atoms with Crippen LogP contribution in [0.4, 0.5) is 5.69 Å². The fourth-order valence-electron chi connectivity index (χ4n) is 2.96. The van der Waals surface area contributed by atoms with Crippen molar-refractivity contribution >= 4 is 45.2 Å². The maximum absolute atomic E-state index is 12.7. The number of amides is 1. The number of hydrogen-bond donors (Lipinski definition) is 1. The standard InChI is InChI=1S/C20H19N3O2S2/c1-13-18(27-20(21-13)17-4-3-11-26-17)19(24)22-15-5-6-16-14(12-15)7-8-23(16)9-10-25-2/h3-8,11-12H,9-10H2,1-2H3,(H,22,24). The fraction of sp³-hybridized carbons (Fsp3) is 0.200. The van der Waals surface area contributed by atoms with E-state index in [1.807, 2.05) is 54.9 Å². The molecule has 0 fully saturated rings. The monoisotopic (exact) mass is 397 g/mol. The number of thiazole rings is 1. The molecule has 0 unspecified atom stereocenters. The zero-order chi connectivity index (χ0) is 18.8. The van der Waals surface area contributed by atoms with Crippen LogP contribution in [0, 0.1) is 6.92 Å². The molecular weight excluding hydrogens is 378 g/mol. The number of nitrogens with one attached hydrogen (secondary N) is 1. The van der Waals surface area contributed by atoms with Crippen LogP contribution in [0.1, 0.15) is 15.4 Å². The largest absolute Gasteiger partial charge is 0.383 e. The van der Waals surface area contributed by atoms with Crippen molar-refractivity contribution in [3.05, 3.63) is 58.5 Å². The van der Waals surface area contributed by atoms with Gasteiger partial charge in [-0.2, -0.15) is 0 Å². The number of carbonyl (C=O) groups is 1. The summed E-state index contributed by atoms with van der Waals surface area (Å²) in [6, 6.07) is 12.0. The van der Waals surface area contributed by atoms with Gasteiger partial charge in [-0.3, -0.25) is 4.79 Å². The summed E-state index contributed by atoms with van der Waals surface area (Å²) in [6.45, 7) is 3.35. The van der Waals surface area contributed by atoms with Crippen LogP contribution in [0.5, 0.6) is 0 Å². The molecule has 4 rings (SSSR count). The molecule has 4 aromatic rings. The number of fused-ring (bicyclic) bond motifs is 1. The number of anilines is 1. The molecule has 0 aliphatic rings. The van der Waals surface area contributed by atoms with Gasteiger partial charge in [0.1, 0.15) is 9.88 Å². The van der Waals surface area contributed by atoms with E-state index >= 15 is 0 Å². The third kappa shape index (κ3) is 3.66. The van der Waals surface area contributed by atoms with Gasteiger partial charge in [0.25, 0.3) is 5.91 Å². The zero-order valence-electron chi connectivity index (χ0n) is 15.1. The summed E-state index contributed by atoms with van der Waals surface area (Å²) in [7, 11) is 1.70. The summed E-state index contributed by atoms with van der Waals surface area (Å²) < 4.78 is 7.29. The molecular formula is C20H19N3O2S2. The molecule has 1 amide bonds. The number of benzene rings is 1. The molecule has 27 heavy (non-hydrogen) atoms. The SMILES string of the molecule is COCCn1ccc2cc(NC(=O)c3sc(-c4cccs4)nc3C)ccc21. The Hall–Kier alpha value is -2.48. The Balaban J connectivity index is 1.54. The first-order valence-corrected chi connectivity index (χ1v) is 10.3. The first-order valence-electron chi connectivity index (χ1n) is 8.56. The van der Waals surface area contributed by atoms with E-state index in [9.17, 15) is 4.79 Å². The molecule has 3 aromatic heterocycles. The van der Waals surface area contributed by atoms with Crippen LogP contribution in [0.2, 0.25) is 0 Å². The Bertz CT molecular complexity index is 1080. The highest BCUT2D eigenvalue weighted by Crippen LogP contribution is 2.31. The number of nitrogens with zero attached hydrogens (tertiary/aromatic N) is 2. The number of ether oxygens (including phenoxy) is 1. The minimum atomic E-state index is -0.119. The number of thiophene rings is 1. The molecule has 0 atom stereocenters. The minimum Gasteiger partial charge on any atom is -0.383 e. The summed E-state index contributed by atoms with van der Waals surface area (Å²) in [5.41, 5.74) is 2.66. The first kappa shape index (κ1) is 17.9. The van der Waals surface area contributed by atoms with Crippen LogP contribution in [-0.2, 0) is 11.3 Å². The van der Waals surface area contributed by atoms with E-state index in [2.05, 4.69) is 14.9 Å². The van der Waals surface area contributed by atoms with E-state index in [1.165, 1.54) is 11.3 Å². The van der Waals surface area contributed by atoms with Gasteiger partial charge < -0.3 is 14.6 Å². The lowest BCUT2D eigenvalue weighted by molar-refractivity contribution is 0.103. The Morgan fingerprint density at radius 2 is 2.19 bits per heavy atom. The Morgan fingerprint density at radius 1 is 1.30 bits per heavy atom. The van der Waals surface area contributed by atoms with Gasteiger partial charge in [-0.25, -0.2) is 4.98 Å². The molecule has 5 nitrogen and oxygen atoms in total. The lowest BCUT2D eigenvalue weighted by Crippen LogP contribution is -2.11. The second kappa shape index (κ2) is 7.64. The molecule has 1 aromatic carbocycles. The summed E-state index contributed by atoms with van der Waals surface area (Å²) in [6.07, 6.45) is 2.04. The molecule has 0 saturated carbocycles. The summed E-state index contributed by atoms with van der Waals surface area (Å²) >= 11 is 3.06. The summed E-state index contributed by atoms with van der Waals surface area (Å²) in [5, 5.41) is 6.99. The predicted molar refractivity (Wildman–Crippen MR) is 112 cm³/mol. The summed E-state index contributed by atoms with van der Waals surface area (Å²) in [4.78, 5) is 19.0. The van der Waals surface area contributed by atoms with E-state index in [0.29, 0.717) is 11.5 Å². The van der Waals surface area contributed by atoms with E-state index in [-0.39, 0.29) is 5.91 Å². The molecule has 0 spiro atoms. The van der Waals surface area contributed by atoms with Crippen LogP contribution < -0.4 is 5.32 Å². The van der Waals surface area contributed by atoms with Crippen molar-refractivity contribution < 1.29 is 9.53 Å². The number of aromatic nitrogens is 2.